The molecule has 5 aromatic carbocycles. The van der Waals surface area contributed by atoms with Crippen LogP contribution in [-0.4, -0.2) is 0 Å². The highest BCUT2D eigenvalue weighted by Crippen LogP contribution is 2.56. The average molecular weight is 503 g/mol. The number of para-hydroxylation sites is 4. The van der Waals surface area contributed by atoms with E-state index in [1.807, 2.05) is 0 Å². The van der Waals surface area contributed by atoms with Crippen LogP contribution in [0, 0.1) is 11.8 Å². The molecule has 2 nitrogen and oxygen atoms in total. The summed E-state index contributed by atoms with van der Waals surface area (Å²) < 4.78 is 0. The van der Waals surface area contributed by atoms with Crippen molar-refractivity contribution in [1.82, 2.24) is 0 Å². The van der Waals surface area contributed by atoms with Gasteiger partial charge in [0.05, 0.1) is 0 Å². The maximum Gasteiger partial charge on any atom is 0.0462 e. The van der Waals surface area contributed by atoms with Gasteiger partial charge < -0.3 is 9.80 Å². The number of hydrogen-bond acceptors (Lipinski definition) is 2. The maximum absolute atomic E-state index is 2.43. The highest BCUT2D eigenvalue weighted by Gasteiger charge is 2.46. The lowest BCUT2D eigenvalue weighted by atomic mass is 9.94. The molecule has 0 aromatic heterocycles. The summed E-state index contributed by atoms with van der Waals surface area (Å²) in [5.74, 6) is 1.10. The van der Waals surface area contributed by atoms with Crippen LogP contribution in [-0.2, 0) is 0 Å². The molecular weight excluding hydrogens is 472 g/mol. The summed E-state index contributed by atoms with van der Waals surface area (Å²) in [6, 6.07) is 51.7. The fourth-order valence-electron chi connectivity index (χ4n) is 5.84. The third-order valence-corrected chi connectivity index (χ3v) is 7.78. The molecule has 1 saturated carbocycles. The van der Waals surface area contributed by atoms with E-state index in [1.165, 1.54) is 34.6 Å². The van der Waals surface area contributed by atoms with E-state index in [-0.39, 0.29) is 0 Å². The molecule has 2 unspecified atom stereocenters. The van der Waals surface area contributed by atoms with Crippen LogP contribution < -0.4 is 9.80 Å². The molecule has 0 saturated heterocycles. The van der Waals surface area contributed by atoms with Crippen molar-refractivity contribution < 1.29 is 0 Å². The molecule has 188 valence electrons. The van der Waals surface area contributed by atoms with E-state index in [0.717, 1.165) is 17.1 Å². The molecule has 7 rings (SSSR count). The molecule has 0 heterocycles. The van der Waals surface area contributed by atoms with Crippen LogP contribution in [0.2, 0.25) is 0 Å². The smallest absolute Gasteiger partial charge is 0.0462 e. The van der Waals surface area contributed by atoms with Crippen LogP contribution in [0.5, 0.6) is 0 Å². The van der Waals surface area contributed by atoms with Gasteiger partial charge in [0.25, 0.3) is 0 Å². The quantitative estimate of drug-likeness (QED) is 0.218. The Bertz CT molecular complexity index is 1530. The van der Waals surface area contributed by atoms with Crippen molar-refractivity contribution in [3.63, 3.8) is 0 Å². The zero-order valence-electron chi connectivity index (χ0n) is 21.8. The van der Waals surface area contributed by atoms with E-state index in [9.17, 15) is 0 Å². The zero-order chi connectivity index (χ0) is 26.0. The predicted molar refractivity (Wildman–Crippen MR) is 164 cm³/mol. The fraction of sp³-hybridized carbons (Fsp3) is 0.0811. The second kappa shape index (κ2) is 10.2. The second-order valence-corrected chi connectivity index (χ2v) is 10.2. The third-order valence-electron chi connectivity index (χ3n) is 7.78. The lowest BCUT2D eigenvalue weighted by Gasteiger charge is -2.30. The maximum atomic E-state index is 2.43. The molecule has 0 spiro atoms. The van der Waals surface area contributed by atoms with Crippen molar-refractivity contribution in [3.05, 3.63) is 169 Å². The van der Waals surface area contributed by atoms with E-state index in [2.05, 4.69) is 168 Å². The standard InChI is InChI=1S/C37H30N2/c1-5-13-29(14-6-1)38(30-15-7-2-8-16-30)33-23-21-28(22-24-33)34-25-26-37(36-27-35(34)36)39(31-17-9-3-10-18-31)32-19-11-4-12-20-32/h1-26,35-36H,27H2. The molecule has 0 radical (unpaired) electrons. The van der Waals surface area contributed by atoms with Gasteiger partial charge in [0.2, 0.25) is 0 Å². The first kappa shape index (κ1) is 23.3. The minimum Gasteiger partial charge on any atom is -0.314 e. The second-order valence-electron chi connectivity index (χ2n) is 10.2. The van der Waals surface area contributed by atoms with Crippen LogP contribution in [0.25, 0.3) is 5.57 Å². The predicted octanol–water partition coefficient (Wildman–Crippen LogP) is 9.91. The van der Waals surface area contributed by atoms with Crippen molar-refractivity contribution in [3.8, 4) is 0 Å². The van der Waals surface area contributed by atoms with Gasteiger partial charge in [-0.1, -0.05) is 91.0 Å². The van der Waals surface area contributed by atoms with Gasteiger partial charge in [0.1, 0.15) is 0 Å². The van der Waals surface area contributed by atoms with Gasteiger partial charge in [-0.15, -0.1) is 0 Å². The van der Waals surface area contributed by atoms with Crippen LogP contribution in [0.1, 0.15) is 12.0 Å². The summed E-state index contributed by atoms with van der Waals surface area (Å²) in [5, 5.41) is 0. The third kappa shape index (κ3) is 4.55. The lowest BCUT2D eigenvalue weighted by Crippen LogP contribution is -2.19. The van der Waals surface area contributed by atoms with E-state index in [1.54, 1.807) is 0 Å². The van der Waals surface area contributed by atoms with Crippen LogP contribution in [0.15, 0.2) is 163 Å². The summed E-state index contributed by atoms with van der Waals surface area (Å²) in [6.45, 7) is 0. The largest absolute Gasteiger partial charge is 0.314 e. The van der Waals surface area contributed by atoms with Crippen LogP contribution >= 0.6 is 0 Å². The molecule has 2 aliphatic rings. The van der Waals surface area contributed by atoms with E-state index < -0.39 is 0 Å². The van der Waals surface area contributed by atoms with Crippen molar-refractivity contribution in [2.75, 3.05) is 9.80 Å². The number of anilines is 5. The van der Waals surface area contributed by atoms with E-state index >= 15 is 0 Å². The SMILES string of the molecule is C1=C(c2ccc(N(c3ccccc3)c3ccccc3)cc2)C2CC2C(N(c2ccccc2)c2ccccc2)=C1. The van der Waals surface area contributed by atoms with Gasteiger partial charge in [-0.2, -0.15) is 0 Å². The molecule has 2 aliphatic carbocycles. The van der Waals surface area contributed by atoms with Gasteiger partial charge in [-0.05, 0) is 90.2 Å². The summed E-state index contributed by atoms with van der Waals surface area (Å²) in [5.41, 5.74) is 10.0. The molecule has 1 fully saturated rings. The number of benzene rings is 5. The van der Waals surface area contributed by atoms with Crippen LogP contribution in [0.3, 0.4) is 0 Å². The first-order chi connectivity index (χ1) is 19.4. The van der Waals surface area contributed by atoms with E-state index in [0.29, 0.717) is 11.8 Å². The molecule has 5 aromatic rings. The zero-order valence-corrected chi connectivity index (χ0v) is 21.8. The summed E-state index contributed by atoms with van der Waals surface area (Å²) in [4.78, 5) is 4.74. The summed E-state index contributed by atoms with van der Waals surface area (Å²) >= 11 is 0. The number of nitrogens with zero attached hydrogens (tertiary/aromatic N) is 2. The molecule has 2 atom stereocenters. The minimum atomic E-state index is 0.537. The van der Waals surface area contributed by atoms with Gasteiger partial charge in [-0.25, -0.2) is 0 Å². The molecule has 0 amide bonds. The highest BCUT2D eigenvalue weighted by atomic mass is 15.2. The summed E-state index contributed by atoms with van der Waals surface area (Å²) in [6.07, 6.45) is 5.89. The van der Waals surface area contributed by atoms with Crippen molar-refractivity contribution in [2.24, 2.45) is 11.8 Å². The molecule has 0 bridgehead atoms. The topological polar surface area (TPSA) is 6.48 Å². The minimum absolute atomic E-state index is 0.537. The number of hydrogen-bond donors (Lipinski definition) is 0. The Balaban J connectivity index is 1.22. The fourth-order valence-corrected chi connectivity index (χ4v) is 5.84. The monoisotopic (exact) mass is 502 g/mol. The Morgan fingerprint density at radius 2 is 0.795 bits per heavy atom. The van der Waals surface area contributed by atoms with Gasteiger partial charge in [0.15, 0.2) is 0 Å². The number of fused-ring (bicyclic) bond motifs is 1. The summed E-state index contributed by atoms with van der Waals surface area (Å²) in [7, 11) is 0. The molecule has 2 heteroatoms. The Hall–Kier alpha value is -4.82. The van der Waals surface area contributed by atoms with Gasteiger partial charge in [0, 0.05) is 40.1 Å². The molecule has 39 heavy (non-hydrogen) atoms. The molecule has 0 N–H and O–H groups in total. The Morgan fingerprint density at radius 1 is 0.385 bits per heavy atom. The number of rotatable bonds is 7. The first-order valence-electron chi connectivity index (χ1n) is 13.7. The molecule has 0 aliphatic heterocycles. The Kier molecular flexibility index (Phi) is 6.07. The van der Waals surface area contributed by atoms with Crippen LogP contribution in [0.4, 0.5) is 28.4 Å². The molecular formula is C37H30N2. The van der Waals surface area contributed by atoms with Crippen molar-refractivity contribution in [2.45, 2.75) is 6.42 Å². The van der Waals surface area contributed by atoms with Crippen molar-refractivity contribution >= 4 is 34.0 Å². The number of allylic oxidation sites excluding steroid dienone is 4. The highest BCUT2D eigenvalue weighted by molar-refractivity contribution is 5.81. The van der Waals surface area contributed by atoms with E-state index in [4.69, 9.17) is 0 Å². The Morgan fingerprint density at radius 3 is 1.26 bits per heavy atom. The normalized spacial score (nSPS) is 17.4. The van der Waals surface area contributed by atoms with Gasteiger partial charge >= 0.3 is 0 Å². The Labute approximate surface area is 230 Å². The van der Waals surface area contributed by atoms with Gasteiger partial charge in [-0.3, -0.25) is 0 Å². The lowest BCUT2D eigenvalue weighted by molar-refractivity contribution is 0.881. The first-order valence-corrected chi connectivity index (χ1v) is 13.7. The average Bonchev–Trinajstić information content (AvgIpc) is 3.82. The van der Waals surface area contributed by atoms with Crippen molar-refractivity contribution in [1.29, 1.82) is 0 Å².